The van der Waals surface area contributed by atoms with Crippen LogP contribution in [0.15, 0.2) is 12.3 Å². The van der Waals surface area contributed by atoms with E-state index in [2.05, 4.69) is 6.58 Å². The molecular weight excluding hydrogens is 258 g/mol. The Balaban J connectivity index is 0. The quantitative estimate of drug-likeness (QED) is 0.488. The highest BCUT2D eigenvalue weighted by molar-refractivity contribution is 7.47. The molecule has 0 aliphatic rings. The van der Waals surface area contributed by atoms with Crippen molar-refractivity contribution in [3.05, 3.63) is 12.3 Å². The molecule has 0 saturated heterocycles. The maximum absolute atomic E-state index is 5.50. The van der Waals surface area contributed by atoms with Crippen LogP contribution in [0.4, 0.5) is 0 Å². The van der Waals surface area contributed by atoms with Crippen molar-refractivity contribution in [2.75, 3.05) is 0 Å². The summed E-state index contributed by atoms with van der Waals surface area (Å²) in [4.78, 5) is 0. The predicted octanol–water partition coefficient (Wildman–Crippen LogP) is 4.43. The van der Waals surface area contributed by atoms with Crippen LogP contribution in [-0.4, -0.2) is 13.4 Å². The van der Waals surface area contributed by atoms with Gasteiger partial charge in [0.15, 0.2) is 0 Å². The van der Waals surface area contributed by atoms with Gasteiger partial charge in [-0.05, 0) is 19.6 Å². The fourth-order valence-electron chi connectivity index (χ4n) is 0. The van der Waals surface area contributed by atoms with Crippen LogP contribution in [0.2, 0.25) is 19.6 Å². The maximum atomic E-state index is 5.50. The molecule has 0 aromatic rings. The van der Waals surface area contributed by atoms with Gasteiger partial charge >= 0.3 is 0 Å². The van der Waals surface area contributed by atoms with E-state index in [1.54, 1.807) is 12.2 Å². The summed E-state index contributed by atoms with van der Waals surface area (Å²) in [5.74, 6) is 0. The average molecular weight is 270 g/mol. The number of halogens is 4. The van der Waals surface area contributed by atoms with Gasteiger partial charge in [-0.25, -0.2) is 0 Å². The third-order valence-electron chi connectivity index (χ3n) is 0.358. The second-order valence-electron chi connectivity index (χ2n) is 2.49. The topological polar surface area (TPSA) is 0 Å². The fourth-order valence-corrected chi connectivity index (χ4v) is 0. The van der Waals surface area contributed by atoms with Gasteiger partial charge in [0.1, 0.15) is 0 Å². The molecule has 0 radical (unpaired) electrons. The summed E-state index contributed by atoms with van der Waals surface area (Å²) < 4.78 is 0. The van der Waals surface area contributed by atoms with E-state index in [9.17, 15) is 0 Å². The van der Waals surface area contributed by atoms with Crippen LogP contribution in [0.1, 0.15) is 0 Å². The Morgan fingerprint density at radius 1 is 1.00 bits per heavy atom. The third kappa shape index (κ3) is 52.6. The second kappa shape index (κ2) is 5.89. The molecule has 0 spiro atoms. The molecule has 0 fully saturated rings. The Labute approximate surface area is 89.3 Å². The van der Waals surface area contributed by atoms with Crippen LogP contribution in [0.25, 0.3) is 0 Å². The van der Waals surface area contributed by atoms with Crippen LogP contribution >= 0.6 is 44.3 Å². The minimum atomic E-state index is -1.92. The summed E-state index contributed by atoms with van der Waals surface area (Å²) in [5.41, 5.74) is 1.61. The highest BCUT2D eigenvalue weighted by atomic mass is 35.7. The molecule has 0 unspecified atom stereocenters. The van der Waals surface area contributed by atoms with Crippen LogP contribution < -0.4 is 0 Å². The molecule has 0 bridgehead atoms. The highest BCUT2D eigenvalue weighted by Gasteiger charge is 2.13. The van der Waals surface area contributed by atoms with Gasteiger partial charge in [0.05, 0.1) is 0 Å². The van der Waals surface area contributed by atoms with E-state index in [0.29, 0.717) is 0 Å². The van der Waals surface area contributed by atoms with Gasteiger partial charge in [0.25, 0.3) is 6.69 Å². The summed E-state index contributed by atoms with van der Waals surface area (Å²) in [7, 11) is 0. The molecule has 0 aromatic carbocycles. The summed E-state index contributed by atoms with van der Waals surface area (Å²) in [6, 6.07) is 0. The molecule has 0 rings (SSSR count). The third-order valence-corrected chi connectivity index (χ3v) is 2.00. The van der Waals surface area contributed by atoms with Gasteiger partial charge in [-0.2, -0.15) is 0 Å². The largest absolute Gasteiger partial charge is 0.270 e. The minimum Gasteiger partial charge on any atom is -0.146 e. The van der Waals surface area contributed by atoms with Crippen molar-refractivity contribution >= 4 is 57.7 Å². The lowest BCUT2D eigenvalue weighted by atomic mass is 11.3. The zero-order valence-corrected chi connectivity index (χ0v) is 11.8. The molecule has 68 valence electrons. The molecule has 0 aromatic heterocycles. The standard InChI is InChI=1S/C3H6Cl2Si.C2H6Cl2Si/c1-3-6(2,4)5;1-5(2,3)4/h3H,1H2,2H3;1-2H3. The number of hydrogen-bond acceptors (Lipinski definition) is 0. The molecule has 0 aliphatic heterocycles. The van der Waals surface area contributed by atoms with Crippen molar-refractivity contribution in [3.63, 3.8) is 0 Å². The van der Waals surface area contributed by atoms with E-state index in [0.717, 1.165) is 0 Å². The zero-order chi connectivity index (χ0) is 9.71. The summed E-state index contributed by atoms with van der Waals surface area (Å²) >= 11 is 21.9. The lowest BCUT2D eigenvalue weighted by Gasteiger charge is -1.96. The van der Waals surface area contributed by atoms with Crippen molar-refractivity contribution in [1.29, 1.82) is 0 Å². The first kappa shape index (κ1) is 14.8. The monoisotopic (exact) mass is 268 g/mol. The molecule has 0 atom stereocenters. The van der Waals surface area contributed by atoms with Crippen molar-refractivity contribution in [2.45, 2.75) is 19.6 Å². The SMILES string of the molecule is C=C[Si](C)(Cl)Cl.C[Si](C)(Cl)Cl. The summed E-state index contributed by atoms with van der Waals surface area (Å²) in [6.07, 6.45) is 0. The minimum absolute atomic E-state index is 1.61. The first-order valence-corrected chi connectivity index (χ1v) is 12.6. The Morgan fingerprint density at radius 3 is 1.09 bits per heavy atom. The molecular formula is C5H12Cl4Si2. The van der Waals surface area contributed by atoms with Gasteiger partial charge in [-0.3, -0.25) is 0 Å². The maximum Gasteiger partial charge on any atom is 0.270 e. The van der Waals surface area contributed by atoms with Crippen molar-refractivity contribution in [3.8, 4) is 0 Å². The fraction of sp³-hybridized carbons (Fsp3) is 0.600. The van der Waals surface area contributed by atoms with Crippen molar-refractivity contribution in [2.24, 2.45) is 0 Å². The van der Waals surface area contributed by atoms with Crippen LogP contribution in [0.5, 0.6) is 0 Å². The van der Waals surface area contributed by atoms with E-state index >= 15 is 0 Å². The van der Waals surface area contributed by atoms with E-state index in [-0.39, 0.29) is 0 Å². The van der Waals surface area contributed by atoms with Crippen LogP contribution in [0.3, 0.4) is 0 Å². The van der Waals surface area contributed by atoms with Crippen molar-refractivity contribution in [1.82, 2.24) is 0 Å². The molecule has 6 heteroatoms. The molecule has 0 N–H and O–H groups in total. The molecule has 11 heavy (non-hydrogen) atoms. The van der Waals surface area contributed by atoms with E-state index in [4.69, 9.17) is 44.3 Å². The van der Waals surface area contributed by atoms with Crippen molar-refractivity contribution < 1.29 is 0 Å². The lowest BCUT2D eigenvalue weighted by Crippen LogP contribution is -2.05. The second-order valence-corrected chi connectivity index (χ2v) is 19.0. The summed E-state index contributed by atoms with van der Waals surface area (Å²) in [6.45, 7) is 5.35. The molecule has 0 saturated carbocycles. The van der Waals surface area contributed by atoms with E-state index in [1.165, 1.54) is 0 Å². The Morgan fingerprint density at radius 2 is 1.09 bits per heavy atom. The first-order chi connectivity index (χ1) is 4.56. The van der Waals surface area contributed by atoms with Crippen LogP contribution in [-0.2, 0) is 0 Å². The highest BCUT2D eigenvalue weighted by Crippen LogP contribution is 2.13. The van der Waals surface area contributed by atoms with E-state index < -0.39 is 13.4 Å². The zero-order valence-electron chi connectivity index (χ0n) is 6.80. The van der Waals surface area contributed by atoms with Gasteiger partial charge in [-0.1, -0.05) is 5.70 Å². The molecule has 0 aliphatic carbocycles. The smallest absolute Gasteiger partial charge is 0.146 e. The lowest BCUT2D eigenvalue weighted by molar-refractivity contribution is 2.06. The first-order valence-electron chi connectivity index (χ1n) is 2.95. The molecule has 0 heterocycles. The molecule has 0 amide bonds. The van der Waals surface area contributed by atoms with E-state index in [1.807, 2.05) is 13.1 Å². The number of rotatable bonds is 1. The molecule has 0 nitrogen and oxygen atoms in total. The Bertz CT molecular complexity index is 107. The Kier molecular flexibility index (Phi) is 7.95. The van der Waals surface area contributed by atoms with Gasteiger partial charge in [0.2, 0.25) is 6.69 Å². The Hall–Kier alpha value is 1.33. The average Bonchev–Trinajstić information content (AvgIpc) is 1.59. The van der Waals surface area contributed by atoms with Gasteiger partial charge in [0, 0.05) is 0 Å². The number of hydrogen-bond donors (Lipinski definition) is 0. The van der Waals surface area contributed by atoms with Crippen LogP contribution in [0, 0.1) is 0 Å². The van der Waals surface area contributed by atoms with Gasteiger partial charge in [-0.15, -0.1) is 50.9 Å². The van der Waals surface area contributed by atoms with Gasteiger partial charge < -0.3 is 0 Å². The summed E-state index contributed by atoms with van der Waals surface area (Å²) in [5, 5.41) is 0. The normalized spacial score (nSPS) is 11.5. The predicted molar refractivity (Wildman–Crippen MR) is 62.7 cm³/mol.